The van der Waals surface area contributed by atoms with Crippen molar-refractivity contribution in [3.63, 3.8) is 0 Å². The Morgan fingerprint density at radius 3 is 2.58 bits per heavy atom. The van der Waals surface area contributed by atoms with Gasteiger partial charge in [-0.05, 0) is 25.2 Å². The molecule has 0 aromatic rings. The molecular weight excluding hydrogens is 146 g/mol. The summed E-state index contributed by atoms with van der Waals surface area (Å²) >= 11 is 0. The largest absolute Gasteiger partial charge is 0.242 e. The van der Waals surface area contributed by atoms with E-state index < -0.39 is 0 Å². The van der Waals surface area contributed by atoms with E-state index in [4.69, 9.17) is 0 Å². The van der Waals surface area contributed by atoms with Crippen LogP contribution in [0.2, 0.25) is 0 Å². The first-order valence-electron chi connectivity index (χ1n) is 5.56. The maximum atomic E-state index is 4.58. The van der Waals surface area contributed by atoms with Gasteiger partial charge in [0.05, 0.1) is 0 Å². The summed E-state index contributed by atoms with van der Waals surface area (Å²) in [7, 11) is 0. The average Bonchev–Trinajstić information content (AvgIpc) is 2.14. The van der Waals surface area contributed by atoms with E-state index in [1.54, 1.807) is 0 Å². The van der Waals surface area contributed by atoms with Crippen molar-refractivity contribution in [2.75, 3.05) is 13.1 Å². The number of hydrogen-bond acceptors (Lipinski definition) is 0. The lowest BCUT2D eigenvalue weighted by Gasteiger charge is -2.20. The van der Waals surface area contributed by atoms with E-state index in [1.165, 1.54) is 44.9 Å². The van der Waals surface area contributed by atoms with Crippen LogP contribution < -0.4 is 5.32 Å². The summed E-state index contributed by atoms with van der Waals surface area (Å²) in [6.45, 7) is 4.49. The highest BCUT2D eigenvalue weighted by Crippen LogP contribution is 2.22. The SMILES string of the molecule is CCCC[N]CC1CCCCC1. The lowest BCUT2D eigenvalue weighted by Crippen LogP contribution is -2.19. The van der Waals surface area contributed by atoms with Gasteiger partial charge in [-0.2, -0.15) is 0 Å². The molecule has 1 nitrogen and oxygen atoms in total. The summed E-state index contributed by atoms with van der Waals surface area (Å²) in [5.74, 6) is 0.940. The molecule has 1 rings (SSSR count). The Bertz CT molecular complexity index is 95.2. The van der Waals surface area contributed by atoms with Crippen molar-refractivity contribution in [1.82, 2.24) is 5.32 Å². The Morgan fingerprint density at radius 2 is 1.92 bits per heavy atom. The summed E-state index contributed by atoms with van der Waals surface area (Å²) in [5, 5.41) is 4.58. The van der Waals surface area contributed by atoms with Gasteiger partial charge >= 0.3 is 0 Å². The van der Waals surface area contributed by atoms with Gasteiger partial charge in [-0.15, -0.1) is 0 Å². The molecule has 0 amide bonds. The van der Waals surface area contributed by atoms with Gasteiger partial charge in [0.25, 0.3) is 0 Å². The maximum absolute atomic E-state index is 4.58. The number of nitrogens with zero attached hydrogens (tertiary/aromatic N) is 1. The van der Waals surface area contributed by atoms with Crippen molar-refractivity contribution in [3.05, 3.63) is 0 Å². The summed E-state index contributed by atoms with van der Waals surface area (Å²) in [4.78, 5) is 0. The first kappa shape index (κ1) is 10.0. The molecule has 0 spiro atoms. The van der Waals surface area contributed by atoms with Gasteiger partial charge in [-0.3, -0.25) is 0 Å². The highest BCUT2D eigenvalue weighted by Gasteiger charge is 2.12. The first-order valence-corrected chi connectivity index (χ1v) is 5.56. The normalized spacial score (nSPS) is 19.8. The predicted octanol–water partition coefficient (Wildman–Crippen LogP) is 2.97. The van der Waals surface area contributed by atoms with Crippen LogP contribution in [0.4, 0.5) is 0 Å². The quantitative estimate of drug-likeness (QED) is 0.560. The minimum atomic E-state index is 0.940. The molecule has 0 aliphatic heterocycles. The zero-order valence-corrected chi connectivity index (χ0v) is 8.39. The maximum Gasteiger partial charge on any atom is 0.0161 e. The molecule has 0 bridgehead atoms. The molecule has 0 unspecified atom stereocenters. The molecular formula is C11H22N. The molecule has 1 aliphatic rings. The minimum Gasteiger partial charge on any atom is -0.242 e. The Hall–Kier alpha value is -0.0400. The van der Waals surface area contributed by atoms with Crippen molar-refractivity contribution < 1.29 is 0 Å². The standard InChI is InChI=1S/C11H22N/c1-2-3-9-12-10-11-7-5-4-6-8-11/h11H,2-10H2,1H3. The summed E-state index contributed by atoms with van der Waals surface area (Å²) < 4.78 is 0. The second kappa shape index (κ2) is 6.47. The molecule has 1 saturated carbocycles. The fourth-order valence-corrected chi connectivity index (χ4v) is 1.91. The number of hydrogen-bond donors (Lipinski definition) is 0. The van der Waals surface area contributed by atoms with Crippen LogP contribution in [-0.2, 0) is 0 Å². The van der Waals surface area contributed by atoms with E-state index in [0.29, 0.717) is 0 Å². The smallest absolute Gasteiger partial charge is 0.0161 e. The van der Waals surface area contributed by atoms with E-state index in [2.05, 4.69) is 12.2 Å². The molecule has 0 heterocycles. The Labute approximate surface area is 76.9 Å². The Kier molecular flexibility index (Phi) is 5.42. The average molecular weight is 168 g/mol. The predicted molar refractivity (Wildman–Crippen MR) is 53.4 cm³/mol. The van der Waals surface area contributed by atoms with Crippen LogP contribution in [0.5, 0.6) is 0 Å². The highest BCUT2D eigenvalue weighted by atomic mass is 14.8. The summed E-state index contributed by atoms with van der Waals surface area (Å²) in [6.07, 6.45) is 9.82. The topological polar surface area (TPSA) is 14.1 Å². The van der Waals surface area contributed by atoms with E-state index in [0.717, 1.165) is 19.0 Å². The van der Waals surface area contributed by atoms with Crippen molar-refractivity contribution in [1.29, 1.82) is 0 Å². The van der Waals surface area contributed by atoms with E-state index >= 15 is 0 Å². The lowest BCUT2D eigenvalue weighted by molar-refractivity contribution is 0.339. The molecule has 0 aromatic carbocycles. The van der Waals surface area contributed by atoms with Gasteiger partial charge in [-0.25, -0.2) is 5.32 Å². The Morgan fingerprint density at radius 1 is 1.17 bits per heavy atom. The molecule has 1 fully saturated rings. The number of rotatable bonds is 5. The van der Waals surface area contributed by atoms with Crippen LogP contribution in [0.15, 0.2) is 0 Å². The zero-order valence-electron chi connectivity index (χ0n) is 8.39. The van der Waals surface area contributed by atoms with E-state index in [-0.39, 0.29) is 0 Å². The molecule has 0 aromatic heterocycles. The van der Waals surface area contributed by atoms with E-state index in [9.17, 15) is 0 Å². The molecule has 71 valence electrons. The van der Waals surface area contributed by atoms with Crippen LogP contribution >= 0.6 is 0 Å². The third-order valence-electron chi connectivity index (χ3n) is 2.78. The van der Waals surface area contributed by atoms with Gasteiger partial charge < -0.3 is 0 Å². The molecule has 0 N–H and O–H groups in total. The van der Waals surface area contributed by atoms with Crippen molar-refractivity contribution in [2.45, 2.75) is 51.9 Å². The van der Waals surface area contributed by atoms with Crippen molar-refractivity contribution >= 4 is 0 Å². The molecule has 0 atom stereocenters. The van der Waals surface area contributed by atoms with Gasteiger partial charge in [0.2, 0.25) is 0 Å². The molecule has 0 saturated heterocycles. The van der Waals surface area contributed by atoms with Gasteiger partial charge in [0.1, 0.15) is 0 Å². The van der Waals surface area contributed by atoms with Crippen molar-refractivity contribution in [2.24, 2.45) is 5.92 Å². The van der Waals surface area contributed by atoms with Crippen LogP contribution in [0, 0.1) is 5.92 Å². The van der Waals surface area contributed by atoms with Crippen LogP contribution in [0.1, 0.15) is 51.9 Å². The zero-order chi connectivity index (χ0) is 8.65. The number of unbranched alkanes of at least 4 members (excludes halogenated alkanes) is 1. The third-order valence-corrected chi connectivity index (χ3v) is 2.78. The molecule has 12 heavy (non-hydrogen) atoms. The van der Waals surface area contributed by atoms with E-state index in [1.807, 2.05) is 0 Å². The monoisotopic (exact) mass is 168 g/mol. The van der Waals surface area contributed by atoms with Crippen LogP contribution in [-0.4, -0.2) is 13.1 Å². The third kappa shape index (κ3) is 4.10. The minimum absolute atomic E-state index is 0.940. The summed E-state index contributed by atoms with van der Waals surface area (Å²) in [6, 6.07) is 0. The fraction of sp³-hybridized carbons (Fsp3) is 1.00. The Balaban J connectivity index is 1.91. The van der Waals surface area contributed by atoms with Crippen LogP contribution in [0.3, 0.4) is 0 Å². The summed E-state index contributed by atoms with van der Waals surface area (Å²) in [5.41, 5.74) is 0. The second-order valence-electron chi connectivity index (χ2n) is 3.99. The molecule has 1 aliphatic carbocycles. The van der Waals surface area contributed by atoms with Gasteiger partial charge in [-0.1, -0.05) is 32.6 Å². The first-order chi connectivity index (χ1) is 5.93. The van der Waals surface area contributed by atoms with Gasteiger partial charge in [0, 0.05) is 13.1 Å². The van der Waals surface area contributed by atoms with Crippen molar-refractivity contribution in [3.8, 4) is 0 Å². The fourth-order valence-electron chi connectivity index (χ4n) is 1.91. The highest BCUT2D eigenvalue weighted by molar-refractivity contribution is 4.67. The van der Waals surface area contributed by atoms with Crippen LogP contribution in [0.25, 0.3) is 0 Å². The molecule has 1 radical (unpaired) electrons. The lowest BCUT2D eigenvalue weighted by atomic mass is 9.89. The van der Waals surface area contributed by atoms with Gasteiger partial charge in [0.15, 0.2) is 0 Å². The second-order valence-corrected chi connectivity index (χ2v) is 3.99. The molecule has 1 heteroatoms.